The van der Waals surface area contributed by atoms with Crippen molar-refractivity contribution < 1.29 is 9.59 Å². The number of hydrogen-bond acceptors (Lipinski definition) is 7. The van der Waals surface area contributed by atoms with Crippen molar-refractivity contribution in [2.45, 2.75) is 51.2 Å². The molecular formula is C41H41Cl2N7O2. The molecule has 2 amide bonds. The Balaban J connectivity index is 0.861. The normalized spacial score (nSPS) is 15.7. The van der Waals surface area contributed by atoms with Crippen LogP contribution in [0, 0.1) is 6.92 Å². The summed E-state index contributed by atoms with van der Waals surface area (Å²) in [6.45, 7) is 6.19. The number of rotatable bonds is 9. The van der Waals surface area contributed by atoms with Crippen molar-refractivity contribution in [2.75, 3.05) is 31.1 Å². The summed E-state index contributed by atoms with van der Waals surface area (Å²) in [6.07, 6.45) is 12.4. The van der Waals surface area contributed by atoms with Gasteiger partial charge in [0.2, 0.25) is 0 Å². The minimum absolute atomic E-state index is 0.0686. The molecule has 7 rings (SSSR count). The number of nitrogens with zero attached hydrogens (tertiary/aromatic N) is 5. The van der Waals surface area contributed by atoms with Crippen molar-refractivity contribution in [1.29, 1.82) is 0 Å². The van der Waals surface area contributed by atoms with Gasteiger partial charge in [-0.25, -0.2) is 4.98 Å². The van der Waals surface area contributed by atoms with Crippen LogP contribution < -0.4 is 15.5 Å². The van der Waals surface area contributed by atoms with Gasteiger partial charge in [-0.2, -0.15) is 0 Å². The summed E-state index contributed by atoms with van der Waals surface area (Å²) in [7, 11) is 0. The van der Waals surface area contributed by atoms with Gasteiger partial charge in [-0.15, -0.1) is 0 Å². The van der Waals surface area contributed by atoms with Gasteiger partial charge in [0.25, 0.3) is 11.8 Å². The predicted octanol–water partition coefficient (Wildman–Crippen LogP) is 7.61. The van der Waals surface area contributed by atoms with Crippen LogP contribution in [0.5, 0.6) is 0 Å². The molecule has 0 saturated carbocycles. The van der Waals surface area contributed by atoms with Crippen molar-refractivity contribution in [2.24, 2.45) is 0 Å². The molecule has 5 aromatic rings. The van der Waals surface area contributed by atoms with Crippen LogP contribution >= 0.6 is 23.2 Å². The fourth-order valence-corrected chi connectivity index (χ4v) is 7.72. The average Bonchev–Trinajstić information content (AvgIpc) is 3.17. The molecule has 2 aliphatic rings. The predicted molar refractivity (Wildman–Crippen MR) is 207 cm³/mol. The third-order valence-electron chi connectivity index (χ3n) is 10.1. The Bertz CT molecular complexity index is 2010. The van der Waals surface area contributed by atoms with Gasteiger partial charge in [-0.1, -0.05) is 41.4 Å². The van der Waals surface area contributed by atoms with Gasteiger partial charge in [0.15, 0.2) is 0 Å². The minimum atomic E-state index is -0.0961. The van der Waals surface area contributed by atoms with Crippen molar-refractivity contribution in [3.63, 3.8) is 0 Å². The van der Waals surface area contributed by atoms with Crippen LogP contribution in [0.1, 0.15) is 57.5 Å². The van der Waals surface area contributed by atoms with Gasteiger partial charge in [-0.3, -0.25) is 24.5 Å². The molecule has 2 N–H and O–H groups in total. The lowest BCUT2D eigenvalue weighted by Gasteiger charge is -2.34. The van der Waals surface area contributed by atoms with Gasteiger partial charge in [0.05, 0.1) is 0 Å². The minimum Gasteiger partial charge on any atom is -0.356 e. The molecule has 52 heavy (non-hydrogen) atoms. The molecule has 0 atom stereocenters. The number of nitrogens with one attached hydrogen (secondary N) is 2. The van der Waals surface area contributed by atoms with Crippen LogP contribution in [0.2, 0.25) is 10.0 Å². The van der Waals surface area contributed by atoms with Crippen LogP contribution in [0.3, 0.4) is 0 Å². The van der Waals surface area contributed by atoms with Gasteiger partial charge in [-0.05, 0) is 92.3 Å². The average molecular weight is 735 g/mol. The van der Waals surface area contributed by atoms with Crippen molar-refractivity contribution in [1.82, 2.24) is 30.5 Å². The molecular weight excluding hydrogens is 693 g/mol. The Kier molecular flexibility index (Phi) is 11.1. The lowest BCUT2D eigenvalue weighted by molar-refractivity contribution is 0.0905. The number of likely N-dealkylation sites (tertiary alicyclic amines) is 1. The summed E-state index contributed by atoms with van der Waals surface area (Å²) in [6, 6.07) is 21.0. The molecule has 0 aliphatic carbocycles. The number of piperidine rings is 2. The van der Waals surface area contributed by atoms with Crippen LogP contribution in [0.25, 0.3) is 22.3 Å². The summed E-state index contributed by atoms with van der Waals surface area (Å²) in [5, 5.41) is 7.67. The third-order valence-corrected chi connectivity index (χ3v) is 10.7. The first kappa shape index (κ1) is 35.6. The van der Waals surface area contributed by atoms with E-state index in [4.69, 9.17) is 28.2 Å². The Labute approximate surface area is 314 Å². The molecule has 0 bridgehead atoms. The van der Waals surface area contributed by atoms with Crippen LogP contribution in [0.4, 0.5) is 5.82 Å². The van der Waals surface area contributed by atoms with Crippen LogP contribution in [0.15, 0.2) is 97.7 Å². The summed E-state index contributed by atoms with van der Waals surface area (Å²) in [5.41, 5.74) is 6.65. The Hall–Kier alpha value is -4.83. The maximum atomic E-state index is 13.3. The summed E-state index contributed by atoms with van der Waals surface area (Å²) in [5.74, 6) is 0.792. The number of anilines is 1. The summed E-state index contributed by atoms with van der Waals surface area (Å²) < 4.78 is 0. The van der Waals surface area contributed by atoms with E-state index < -0.39 is 0 Å². The SMILES string of the molecule is Cc1c(C(=O)NC2CCN(Cc3ccc(N4CCC(NC(=O)c5ccc(Cl)c(-c6cccnc6)c5)CC4)nc3)CC2)ccc(Cl)c1-c1cccnc1. The monoisotopic (exact) mass is 733 g/mol. The van der Waals surface area contributed by atoms with E-state index >= 15 is 0 Å². The maximum Gasteiger partial charge on any atom is 0.251 e. The second kappa shape index (κ2) is 16.2. The van der Waals surface area contributed by atoms with E-state index in [9.17, 15) is 9.59 Å². The zero-order chi connectivity index (χ0) is 36.0. The molecule has 2 fully saturated rings. The molecule has 2 aliphatic heterocycles. The number of carbonyl (C=O) groups is 2. The van der Waals surface area contributed by atoms with Crippen molar-refractivity contribution >= 4 is 40.8 Å². The molecule has 0 unspecified atom stereocenters. The fraction of sp³-hybridized carbons (Fsp3) is 0.293. The third kappa shape index (κ3) is 8.28. The summed E-state index contributed by atoms with van der Waals surface area (Å²) >= 11 is 13.0. The molecule has 3 aromatic heterocycles. The van der Waals surface area contributed by atoms with Crippen molar-refractivity contribution in [3.05, 3.63) is 130 Å². The zero-order valence-electron chi connectivity index (χ0n) is 29.1. The second-order valence-corrected chi connectivity index (χ2v) is 14.4. The molecule has 2 saturated heterocycles. The molecule has 0 radical (unpaired) electrons. The van der Waals surface area contributed by atoms with Gasteiger partial charge >= 0.3 is 0 Å². The maximum absolute atomic E-state index is 13.3. The van der Waals surface area contributed by atoms with Crippen molar-refractivity contribution in [3.8, 4) is 22.3 Å². The zero-order valence-corrected chi connectivity index (χ0v) is 30.6. The number of amides is 2. The molecule has 266 valence electrons. The first-order chi connectivity index (χ1) is 25.3. The summed E-state index contributed by atoms with van der Waals surface area (Å²) in [4.78, 5) is 44.4. The molecule has 11 heteroatoms. The first-order valence-corrected chi connectivity index (χ1v) is 18.5. The largest absolute Gasteiger partial charge is 0.356 e. The van der Waals surface area contributed by atoms with Gasteiger partial charge < -0.3 is 15.5 Å². The van der Waals surface area contributed by atoms with E-state index in [1.807, 2.05) is 43.5 Å². The molecule has 9 nitrogen and oxygen atoms in total. The number of hydrogen-bond donors (Lipinski definition) is 2. The number of aromatic nitrogens is 3. The molecule has 5 heterocycles. The van der Waals surface area contributed by atoms with E-state index in [0.717, 1.165) is 92.0 Å². The first-order valence-electron chi connectivity index (χ1n) is 17.8. The molecule has 0 spiro atoms. The number of carbonyl (C=O) groups excluding carboxylic acids is 2. The number of pyridine rings is 3. The highest BCUT2D eigenvalue weighted by atomic mass is 35.5. The van der Waals surface area contributed by atoms with E-state index in [0.29, 0.717) is 21.2 Å². The standard InChI is InChI=1S/C41H41Cl2N7O2/c1-27-34(8-10-37(43)39(27)31-5-3-17-45-25-31)41(52)48-32-12-18-49(19-13-32)26-28-6-11-38(46-23-28)50-20-14-33(15-21-50)47-40(51)29-7-9-36(42)35(22-29)30-4-2-16-44-24-30/h2-11,16-17,22-25,32-33H,12-15,18-21,26H2,1H3,(H,47,51)(H,48,52). The number of benzene rings is 2. The smallest absolute Gasteiger partial charge is 0.251 e. The van der Waals surface area contributed by atoms with Gasteiger partial charge in [0, 0.05) is 119 Å². The Morgan fingerprint density at radius 2 is 1.40 bits per heavy atom. The quantitative estimate of drug-likeness (QED) is 0.161. The second-order valence-electron chi connectivity index (χ2n) is 13.6. The van der Waals surface area contributed by atoms with E-state index in [1.165, 1.54) is 5.56 Å². The Morgan fingerprint density at radius 3 is 2.06 bits per heavy atom. The van der Waals surface area contributed by atoms with Gasteiger partial charge in [0.1, 0.15) is 5.82 Å². The van der Waals surface area contributed by atoms with Crippen LogP contribution in [-0.2, 0) is 6.54 Å². The lowest BCUT2D eigenvalue weighted by atomic mass is 9.96. The molecule has 2 aromatic carbocycles. The Morgan fingerprint density at radius 1 is 0.750 bits per heavy atom. The topological polar surface area (TPSA) is 103 Å². The van der Waals surface area contributed by atoms with E-state index in [1.54, 1.807) is 49.1 Å². The van der Waals surface area contributed by atoms with Crippen LogP contribution in [-0.4, -0.2) is 69.9 Å². The highest BCUT2D eigenvalue weighted by Gasteiger charge is 2.25. The van der Waals surface area contributed by atoms with E-state index in [-0.39, 0.29) is 23.9 Å². The fourth-order valence-electron chi connectivity index (χ4n) is 7.18. The highest BCUT2D eigenvalue weighted by molar-refractivity contribution is 6.34. The highest BCUT2D eigenvalue weighted by Crippen LogP contribution is 2.33. The lowest BCUT2D eigenvalue weighted by Crippen LogP contribution is -2.45. The number of halogens is 2. The van der Waals surface area contributed by atoms with E-state index in [2.05, 4.69) is 42.5 Å².